The molecule has 0 atom stereocenters. The molecule has 2 N–H and O–H groups in total. The topological polar surface area (TPSA) is 87.1 Å². The van der Waals surface area contributed by atoms with Crippen LogP contribution in [0, 0.1) is 0 Å². The van der Waals surface area contributed by atoms with Crippen LogP contribution in [0.3, 0.4) is 0 Å². The Labute approximate surface area is 124 Å². The van der Waals surface area contributed by atoms with Crippen molar-refractivity contribution in [2.75, 3.05) is 19.7 Å². The monoisotopic (exact) mass is 315 g/mol. The average molecular weight is 315 g/mol. The zero-order valence-corrected chi connectivity index (χ0v) is 13.3. The van der Waals surface area contributed by atoms with Gasteiger partial charge in [0.15, 0.2) is 6.61 Å². The Morgan fingerprint density at radius 2 is 1.76 bits per heavy atom. The second-order valence-electron chi connectivity index (χ2n) is 4.68. The number of amides is 1. The van der Waals surface area contributed by atoms with Gasteiger partial charge < -0.3 is 19.4 Å². The molecule has 0 saturated carbocycles. The van der Waals surface area contributed by atoms with Crippen LogP contribution in [0.4, 0.5) is 0 Å². The van der Waals surface area contributed by atoms with Crippen molar-refractivity contribution in [3.05, 3.63) is 24.3 Å². The molecule has 0 fully saturated rings. The van der Waals surface area contributed by atoms with Crippen LogP contribution in [0.15, 0.2) is 24.3 Å². The number of benzene rings is 1. The molecule has 0 aliphatic heterocycles. The van der Waals surface area contributed by atoms with Gasteiger partial charge >= 0.3 is 7.60 Å². The Morgan fingerprint density at radius 3 is 2.29 bits per heavy atom. The van der Waals surface area contributed by atoms with Crippen LogP contribution in [0.5, 0.6) is 5.75 Å². The van der Waals surface area contributed by atoms with Crippen molar-refractivity contribution in [3.8, 4) is 5.75 Å². The van der Waals surface area contributed by atoms with Crippen LogP contribution in [-0.4, -0.2) is 40.3 Å². The van der Waals surface area contributed by atoms with Gasteiger partial charge in [-0.3, -0.25) is 9.36 Å². The predicted octanol–water partition coefficient (Wildman–Crippen LogP) is 1.52. The van der Waals surface area contributed by atoms with E-state index in [1.807, 2.05) is 13.8 Å². The van der Waals surface area contributed by atoms with Crippen molar-refractivity contribution < 1.29 is 23.9 Å². The minimum absolute atomic E-state index is 0.0483. The van der Waals surface area contributed by atoms with E-state index in [0.29, 0.717) is 13.1 Å². The summed E-state index contributed by atoms with van der Waals surface area (Å²) >= 11 is 0. The van der Waals surface area contributed by atoms with Gasteiger partial charge in [0.05, 0.1) is 0 Å². The van der Waals surface area contributed by atoms with Crippen LogP contribution in [-0.2, 0) is 9.36 Å². The zero-order chi connectivity index (χ0) is 15.9. The highest BCUT2D eigenvalue weighted by Crippen LogP contribution is 2.37. The fourth-order valence-electron chi connectivity index (χ4n) is 1.95. The molecule has 0 aliphatic carbocycles. The molecule has 1 amide bonds. The molecule has 0 aliphatic rings. The average Bonchev–Trinajstić information content (AvgIpc) is 2.44. The normalized spacial score (nSPS) is 11.2. The predicted molar refractivity (Wildman–Crippen MR) is 80.8 cm³/mol. The third-order valence-corrected chi connectivity index (χ3v) is 3.87. The summed E-state index contributed by atoms with van der Waals surface area (Å²) in [6.07, 6.45) is 1.70. The molecule has 1 aromatic rings. The molecular formula is C14H22NO5P. The molecule has 0 radical (unpaired) electrons. The maximum atomic E-state index is 12.1. The molecule has 118 valence electrons. The lowest BCUT2D eigenvalue weighted by Gasteiger charge is -2.22. The highest BCUT2D eigenvalue weighted by molar-refractivity contribution is 7.60. The summed E-state index contributed by atoms with van der Waals surface area (Å²) in [5, 5.41) is -0.199. The van der Waals surface area contributed by atoms with Gasteiger partial charge in [-0.2, -0.15) is 0 Å². The smallest absolute Gasteiger partial charge is 0.359 e. The van der Waals surface area contributed by atoms with Crippen molar-refractivity contribution >= 4 is 18.8 Å². The molecule has 0 spiro atoms. The standard InChI is InChI=1S/C14H22NO5P/c1-3-9-15(10-4-2)14(16)11-20-12-7-5-6-8-13(12)21(17,18)19/h5-8H,3-4,9-11H2,1-2H3,(H2,17,18,19). The summed E-state index contributed by atoms with van der Waals surface area (Å²) in [6, 6.07) is 5.88. The van der Waals surface area contributed by atoms with Gasteiger partial charge in [-0.15, -0.1) is 0 Å². The molecule has 0 heterocycles. The summed E-state index contributed by atoms with van der Waals surface area (Å²) in [5.74, 6) is -0.133. The highest BCUT2D eigenvalue weighted by atomic mass is 31.2. The van der Waals surface area contributed by atoms with Gasteiger partial charge in [0.1, 0.15) is 11.1 Å². The quantitative estimate of drug-likeness (QED) is 0.710. The Morgan fingerprint density at radius 1 is 1.19 bits per heavy atom. The molecule has 6 nitrogen and oxygen atoms in total. The number of hydrogen-bond donors (Lipinski definition) is 2. The second kappa shape index (κ2) is 8.17. The van der Waals surface area contributed by atoms with Gasteiger partial charge in [0.2, 0.25) is 0 Å². The van der Waals surface area contributed by atoms with Crippen LogP contribution in [0.1, 0.15) is 26.7 Å². The molecule has 1 rings (SSSR count). The van der Waals surface area contributed by atoms with E-state index in [0.717, 1.165) is 12.8 Å². The van der Waals surface area contributed by atoms with Crippen molar-refractivity contribution in [1.82, 2.24) is 4.90 Å². The first-order valence-electron chi connectivity index (χ1n) is 6.95. The first-order valence-corrected chi connectivity index (χ1v) is 8.57. The Hall–Kier alpha value is -1.36. The SMILES string of the molecule is CCCN(CCC)C(=O)COc1ccccc1P(=O)(O)O. The molecule has 0 saturated heterocycles. The van der Waals surface area contributed by atoms with Gasteiger partial charge in [-0.1, -0.05) is 26.0 Å². The van der Waals surface area contributed by atoms with E-state index in [2.05, 4.69) is 0 Å². The van der Waals surface area contributed by atoms with Gasteiger partial charge in [0.25, 0.3) is 5.91 Å². The Balaban J connectivity index is 2.75. The summed E-state index contributed by atoms with van der Waals surface area (Å²) < 4.78 is 16.7. The maximum Gasteiger partial charge on any atom is 0.359 e. The minimum Gasteiger partial charge on any atom is -0.483 e. The third-order valence-electron chi connectivity index (χ3n) is 2.87. The minimum atomic E-state index is -4.41. The molecular weight excluding hydrogens is 293 g/mol. The van der Waals surface area contributed by atoms with E-state index >= 15 is 0 Å². The highest BCUT2D eigenvalue weighted by Gasteiger charge is 2.23. The summed E-state index contributed by atoms with van der Waals surface area (Å²) in [6.45, 7) is 5.04. The van der Waals surface area contributed by atoms with Crippen molar-refractivity contribution in [3.63, 3.8) is 0 Å². The molecule has 0 aromatic heterocycles. The first kappa shape index (κ1) is 17.7. The van der Waals surface area contributed by atoms with Crippen molar-refractivity contribution in [2.24, 2.45) is 0 Å². The molecule has 7 heteroatoms. The summed E-state index contributed by atoms with van der Waals surface area (Å²) in [7, 11) is -4.41. The van der Waals surface area contributed by atoms with Crippen molar-refractivity contribution in [2.45, 2.75) is 26.7 Å². The van der Waals surface area contributed by atoms with Gasteiger partial charge in [-0.05, 0) is 25.0 Å². The van der Waals surface area contributed by atoms with Crippen molar-refractivity contribution in [1.29, 1.82) is 0 Å². The van der Waals surface area contributed by atoms with Gasteiger partial charge in [-0.25, -0.2) is 0 Å². The van der Waals surface area contributed by atoms with E-state index in [9.17, 15) is 19.1 Å². The lowest BCUT2D eigenvalue weighted by atomic mass is 10.3. The van der Waals surface area contributed by atoms with E-state index in [4.69, 9.17) is 4.74 Å². The zero-order valence-electron chi connectivity index (χ0n) is 12.4. The number of ether oxygens (including phenoxy) is 1. The van der Waals surface area contributed by atoms with Crippen LogP contribution >= 0.6 is 7.60 Å². The number of para-hydroxylation sites is 1. The molecule has 21 heavy (non-hydrogen) atoms. The van der Waals surface area contributed by atoms with Crippen LogP contribution < -0.4 is 10.0 Å². The van der Waals surface area contributed by atoms with Gasteiger partial charge in [0, 0.05) is 13.1 Å². The maximum absolute atomic E-state index is 12.1. The summed E-state index contributed by atoms with van der Waals surface area (Å²) in [4.78, 5) is 32.3. The largest absolute Gasteiger partial charge is 0.483 e. The van der Waals surface area contributed by atoms with E-state index in [-0.39, 0.29) is 23.6 Å². The number of rotatable bonds is 8. The number of hydrogen-bond acceptors (Lipinski definition) is 3. The first-order chi connectivity index (χ1) is 9.90. The molecule has 0 unspecified atom stereocenters. The molecule has 0 bridgehead atoms. The number of nitrogens with zero attached hydrogens (tertiary/aromatic N) is 1. The summed E-state index contributed by atoms with van der Waals surface area (Å²) in [5.41, 5.74) is 0. The fraction of sp³-hybridized carbons (Fsp3) is 0.500. The lowest BCUT2D eigenvalue weighted by molar-refractivity contribution is -0.133. The lowest BCUT2D eigenvalue weighted by Crippen LogP contribution is -2.36. The van der Waals surface area contributed by atoms with Crippen LogP contribution in [0.2, 0.25) is 0 Å². The number of carbonyl (C=O) groups excluding carboxylic acids is 1. The molecule has 1 aromatic carbocycles. The third kappa shape index (κ3) is 5.50. The fourth-order valence-corrected chi connectivity index (χ4v) is 2.66. The van der Waals surface area contributed by atoms with E-state index in [1.165, 1.54) is 18.2 Å². The van der Waals surface area contributed by atoms with E-state index in [1.54, 1.807) is 11.0 Å². The Kier molecular flexibility index (Phi) is 6.89. The second-order valence-corrected chi connectivity index (χ2v) is 6.25. The van der Waals surface area contributed by atoms with E-state index < -0.39 is 7.60 Å². The Bertz CT molecular complexity index is 508. The number of carbonyl (C=O) groups is 1. The van der Waals surface area contributed by atoms with Crippen LogP contribution in [0.25, 0.3) is 0 Å².